The molecule has 1 aromatic rings. The van der Waals surface area contributed by atoms with Gasteiger partial charge in [-0.05, 0) is 31.8 Å². The van der Waals surface area contributed by atoms with Crippen molar-refractivity contribution in [2.75, 3.05) is 33.7 Å². The minimum atomic E-state index is -0.803. The van der Waals surface area contributed by atoms with E-state index in [0.29, 0.717) is 0 Å². The molecule has 0 radical (unpaired) electrons. The molecule has 100 valence electrons. The second-order valence-corrected chi connectivity index (χ2v) is 4.76. The molecule has 2 N–H and O–H groups in total. The van der Waals surface area contributed by atoms with Crippen LogP contribution in [0.4, 0.5) is 8.78 Å². The minimum absolute atomic E-state index is 0.0251. The summed E-state index contributed by atoms with van der Waals surface area (Å²) in [5, 5.41) is 6.59. The highest BCUT2D eigenvalue weighted by atomic mass is 19.2. The topological polar surface area (TPSA) is 27.3 Å². The lowest BCUT2D eigenvalue weighted by Gasteiger charge is -2.36. The van der Waals surface area contributed by atoms with E-state index in [1.54, 1.807) is 6.07 Å². The average Bonchev–Trinajstić information content (AvgIpc) is 2.35. The Bertz CT molecular complexity index is 411. The molecule has 1 aromatic carbocycles. The van der Waals surface area contributed by atoms with Crippen LogP contribution in [0, 0.1) is 11.6 Å². The molecular weight excluding hydrogens is 236 g/mol. The Labute approximate surface area is 106 Å². The second-order valence-electron chi connectivity index (χ2n) is 4.76. The van der Waals surface area contributed by atoms with Gasteiger partial charge in [0.1, 0.15) is 0 Å². The Morgan fingerprint density at radius 1 is 1.39 bits per heavy atom. The van der Waals surface area contributed by atoms with Gasteiger partial charge in [0.15, 0.2) is 11.6 Å². The summed E-state index contributed by atoms with van der Waals surface area (Å²) in [5.41, 5.74) is 0.768. The lowest BCUT2D eigenvalue weighted by atomic mass is 9.97. The van der Waals surface area contributed by atoms with Crippen molar-refractivity contribution in [2.45, 2.75) is 12.1 Å². The molecule has 2 rings (SSSR count). The number of rotatable bonds is 3. The summed E-state index contributed by atoms with van der Waals surface area (Å²) >= 11 is 0. The monoisotopic (exact) mass is 255 g/mol. The molecule has 0 bridgehead atoms. The van der Waals surface area contributed by atoms with Gasteiger partial charge in [-0.1, -0.05) is 6.07 Å². The number of piperazine rings is 1. The number of likely N-dealkylation sites (N-methyl/N-ethyl adjacent to an activating group) is 2. The zero-order valence-corrected chi connectivity index (χ0v) is 10.7. The van der Waals surface area contributed by atoms with Gasteiger partial charge in [0, 0.05) is 31.7 Å². The first-order valence-corrected chi connectivity index (χ1v) is 6.16. The largest absolute Gasteiger partial charge is 0.312 e. The van der Waals surface area contributed by atoms with Crippen LogP contribution < -0.4 is 10.6 Å². The molecule has 2 unspecified atom stereocenters. The molecule has 3 nitrogen and oxygen atoms in total. The molecule has 18 heavy (non-hydrogen) atoms. The number of nitrogens with one attached hydrogen (secondary N) is 2. The highest BCUT2D eigenvalue weighted by Gasteiger charge is 2.26. The predicted molar refractivity (Wildman–Crippen MR) is 67.4 cm³/mol. The molecule has 0 saturated carbocycles. The average molecular weight is 255 g/mol. The smallest absolute Gasteiger partial charge is 0.159 e. The van der Waals surface area contributed by atoms with E-state index < -0.39 is 11.6 Å². The van der Waals surface area contributed by atoms with Gasteiger partial charge < -0.3 is 15.5 Å². The molecule has 2 atom stereocenters. The molecule has 1 saturated heterocycles. The molecule has 0 amide bonds. The van der Waals surface area contributed by atoms with E-state index in [1.165, 1.54) is 12.1 Å². The van der Waals surface area contributed by atoms with Crippen molar-refractivity contribution in [1.29, 1.82) is 0 Å². The molecule has 1 fully saturated rings. The second kappa shape index (κ2) is 5.73. The number of nitrogens with zero attached hydrogens (tertiary/aromatic N) is 1. The molecule has 1 aliphatic rings. The standard InChI is InChI=1S/C13H19F2N3/c1-16-13(12-8-18(2)6-5-17-12)9-3-4-10(14)11(15)7-9/h3-4,7,12-13,16-17H,5-6,8H2,1-2H3. The van der Waals surface area contributed by atoms with E-state index in [4.69, 9.17) is 0 Å². The van der Waals surface area contributed by atoms with Crippen LogP contribution in [0.15, 0.2) is 18.2 Å². The van der Waals surface area contributed by atoms with Gasteiger partial charge in [-0.3, -0.25) is 0 Å². The van der Waals surface area contributed by atoms with Gasteiger partial charge in [0.25, 0.3) is 0 Å². The van der Waals surface area contributed by atoms with E-state index >= 15 is 0 Å². The Morgan fingerprint density at radius 3 is 2.78 bits per heavy atom. The lowest BCUT2D eigenvalue weighted by Crippen LogP contribution is -2.54. The molecule has 1 heterocycles. The number of hydrogen-bond acceptors (Lipinski definition) is 3. The van der Waals surface area contributed by atoms with Crippen LogP contribution >= 0.6 is 0 Å². The van der Waals surface area contributed by atoms with Crippen LogP contribution in [0.3, 0.4) is 0 Å². The van der Waals surface area contributed by atoms with Gasteiger partial charge in [-0.25, -0.2) is 8.78 Å². The zero-order chi connectivity index (χ0) is 13.1. The van der Waals surface area contributed by atoms with Gasteiger partial charge in [-0.2, -0.15) is 0 Å². The zero-order valence-electron chi connectivity index (χ0n) is 10.7. The van der Waals surface area contributed by atoms with Crippen LogP contribution in [0.1, 0.15) is 11.6 Å². The minimum Gasteiger partial charge on any atom is -0.312 e. The summed E-state index contributed by atoms with van der Waals surface area (Å²) < 4.78 is 26.2. The van der Waals surface area contributed by atoms with Crippen LogP contribution in [-0.4, -0.2) is 44.7 Å². The highest BCUT2D eigenvalue weighted by Crippen LogP contribution is 2.20. The molecule has 0 spiro atoms. The summed E-state index contributed by atoms with van der Waals surface area (Å²) in [6, 6.07) is 4.26. The quantitative estimate of drug-likeness (QED) is 0.848. The Morgan fingerprint density at radius 2 is 2.17 bits per heavy atom. The fourth-order valence-corrected chi connectivity index (χ4v) is 2.46. The maximum Gasteiger partial charge on any atom is 0.159 e. The number of benzene rings is 1. The van der Waals surface area contributed by atoms with Gasteiger partial charge in [-0.15, -0.1) is 0 Å². The molecular formula is C13H19F2N3. The molecule has 0 aliphatic carbocycles. The third-order valence-electron chi connectivity index (χ3n) is 3.42. The van der Waals surface area contributed by atoms with E-state index in [1.807, 2.05) is 7.05 Å². The lowest BCUT2D eigenvalue weighted by molar-refractivity contribution is 0.209. The summed E-state index contributed by atoms with van der Waals surface area (Å²) in [6.07, 6.45) is 0. The third-order valence-corrected chi connectivity index (χ3v) is 3.42. The first-order valence-electron chi connectivity index (χ1n) is 6.16. The number of halogens is 2. The maximum absolute atomic E-state index is 13.3. The SMILES string of the molecule is CNC(c1ccc(F)c(F)c1)C1CN(C)CCN1. The summed E-state index contributed by atoms with van der Waals surface area (Å²) in [7, 11) is 3.90. The first-order chi connectivity index (χ1) is 8.61. The van der Waals surface area contributed by atoms with Crippen molar-refractivity contribution in [3.05, 3.63) is 35.4 Å². The van der Waals surface area contributed by atoms with Crippen molar-refractivity contribution >= 4 is 0 Å². The van der Waals surface area contributed by atoms with E-state index in [2.05, 4.69) is 22.6 Å². The fourth-order valence-electron chi connectivity index (χ4n) is 2.46. The van der Waals surface area contributed by atoms with Crippen LogP contribution in [0.25, 0.3) is 0 Å². The van der Waals surface area contributed by atoms with E-state index in [-0.39, 0.29) is 12.1 Å². The Hall–Kier alpha value is -1.04. The normalized spacial score (nSPS) is 23.0. The van der Waals surface area contributed by atoms with Gasteiger partial charge in [0.05, 0.1) is 0 Å². The fraction of sp³-hybridized carbons (Fsp3) is 0.538. The predicted octanol–water partition coefficient (Wildman–Crippen LogP) is 1.13. The Kier molecular flexibility index (Phi) is 4.27. The van der Waals surface area contributed by atoms with Crippen LogP contribution in [0.5, 0.6) is 0 Å². The van der Waals surface area contributed by atoms with Crippen LogP contribution in [0.2, 0.25) is 0 Å². The Balaban J connectivity index is 2.18. The van der Waals surface area contributed by atoms with E-state index in [0.717, 1.165) is 25.2 Å². The van der Waals surface area contributed by atoms with Gasteiger partial charge >= 0.3 is 0 Å². The third kappa shape index (κ3) is 2.85. The van der Waals surface area contributed by atoms with Crippen molar-refractivity contribution in [1.82, 2.24) is 15.5 Å². The van der Waals surface area contributed by atoms with Crippen molar-refractivity contribution in [2.24, 2.45) is 0 Å². The van der Waals surface area contributed by atoms with Crippen molar-refractivity contribution in [3.63, 3.8) is 0 Å². The molecule has 0 aromatic heterocycles. The van der Waals surface area contributed by atoms with E-state index in [9.17, 15) is 8.78 Å². The maximum atomic E-state index is 13.3. The molecule has 1 aliphatic heterocycles. The van der Waals surface area contributed by atoms with Crippen molar-refractivity contribution in [3.8, 4) is 0 Å². The summed E-state index contributed by atoms with van der Waals surface area (Å²) in [4.78, 5) is 2.23. The first kappa shape index (κ1) is 13.4. The van der Waals surface area contributed by atoms with Crippen LogP contribution in [-0.2, 0) is 0 Å². The molecule has 5 heteroatoms. The van der Waals surface area contributed by atoms with Gasteiger partial charge in [0.2, 0.25) is 0 Å². The summed E-state index contributed by atoms with van der Waals surface area (Å²) in [6.45, 7) is 2.79. The number of hydrogen-bond donors (Lipinski definition) is 2. The summed E-state index contributed by atoms with van der Waals surface area (Å²) in [5.74, 6) is -1.60. The highest BCUT2D eigenvalue weighted by molar-refractivity contribution is 5.23. The van der Waals surface area contributed by atoms with Crippen molar-refractivity contribution < 1.29 is 8.78 Å².